The number of aliphatic carboxylic acids is 1. The minimum absolute atomic E-state index is 0. The monoisotopic (exact) mass is 260 g/mol. The summed E-state index contributed by atoms with van der Waals surface area (Å²) in [5, 5.41) is 11.8. The third-order valence-electron chi connectivity index (χ3n) is 1.68. The van der Waals surface area contributed by atoms with Crippen LogP contribution in [-0.2, 0) is 4.79 Å². The Morgan fingerprint density at radius 2 is 1.87 bits per heavy atom. The van der Waals surface area contributed by atoms with Gasteiger partial charge in [0.25, 0.3) is 0 Å². The van der Waals surface area contributed by atoms with Gasteiger partial charge in [-0.2, -0.15) is 0 Å². The first kappa shape index (κ1) is 20.4. The molecule has 0 saturated heterocycles. The Kier molecular flexibility index (Phi) is 12.5. The van der Waals surface area contributed by atoms with Gasteiger partial charge in [-0.15, -0.1) is 12.4 Å². The summed E-state index contributed by atoms with van der Waals surface area (Å²) in [5.74, 6) is -0.737. The van der Waals surface area contributed by atoms with E-state index < -0.39 is 5.97 Å². The molecular weight excluding hydrogens is 239 g/mol. The maximum Gasteiger partial charge on any atom is 0.305 e. The van der Waals surface area contributed by atoms with E-state index in [-0.39, 0.29) is 37.3 Å². The van der Waals surface area contributed by atoms with E-state index in [9.17, 15) is 4.79 Å². The predicted molar refractivity (Wildman–Crippen MR) is 59.9 cm³/mol. The first-order valence-corrected chi connectivity index (χ1v) is 4.60. The number of carboxylic acid groups (broad SMARTS) is 1. The first-order valence-electron chi connectivity index (χ1n) is 4.60. The Bertz CT molecular complexity index is 172. The molecule has 0 aliphatic carbocycles. The predicted octanol–water partition coefficient (Wildman–Crippen LogP) is -2.43. The summed E-state index contributed by atoms with van der Waals surface area (Å²) in [7, 11) is 6.19. The third-order valence-corrected chi connectivity index (χ3v) is 1.68. The highest BCUT2D eigenvalue weighted by Crippen LogP contribution is 1.99. The van der Waals surface area contributed by atoms with Crippen LogP contribution < -0.4 is 17.7 Å². The van der Waals surface area contributed by atoms with Crippen LogP contribution in [-0.4, -0.2) is 55.8 Å². The molecule has 0 amide bonds. The van der Waals surface area contributed by atoms with Gasteiger partial charge in [-0.05, 0) is 6.54 Å². The van der Waals surface area contributed by atoms with Crippen molar-refractivity contribution in [3.8, 4) is 0 Å². The molecule has 0 aliphatic rings. The first-order chi connectivity index (χ1) is 5.85. The minimum Gasteiger partial charge on any atom is -1.00 e. The zero-order chi connectivity index (χ0) is 10.5. The summed E-state index contributed by atoms with van der Waals surface area (Å²) in [6.07, 6.45) is 0.198. The van der Waals surface area contributed by atoms with Crippen LogP contribution in [0.2, 0.25) is 0 Å². The van der Waals surface area contributed by atoms with E-state index in [0.29, 0.717) is 0 Å². The number of nitrogens with zero attached hydrogens (tertiary/aromatic N) is 1. The molecule has 0 saturated carbocycles. The summed E-state index contributed by atoms with van der Waals surface area (Å²) in [6.45, 7) is 3.64. The maximum atomic E-state index is 10.5. The number of likely N-dealkylation sites (N-methyl/N-ethyl adjacent to an activating group) is 2. The third kappa shape index (κ3) is 14.0. The normalized spacial score (nSPS) is 12.3. The topological polar surface area (TPSA) is 49.3 Å². The lowest BCUT2D eigenvalue weighted by Gasteiger charge is -2.28. The van der Waals surface area contributed by atoms with Gasteiger partial charge in [-0.3, -0.25) is 4.79 Å². The van der Waals surface area contributed by atoms with Crippen molar-refractivity contribution in [2.24, 2.45) is 0 Å². The molecule has 0 bridgehead atoms. The van der Waals surface area contributed by atoms with E-state index in [1.54, 1.807) is 0 Å². The Morgan fingerprint density at radius 1 is 1.40 bits per heavy atom. The van der Waals surface area contributed by atoms with Crippen LogP contribution in [0, 0.1) is 0 Å². The van der Waals surface area contributed by atoms with Gasteiger partial charge >= 0.3 is 5.97 Å². The molecule has 0 aromatic carbocycles. The second-order valence-electron chi connectivity index (χ2n) is 4.33. The molecule has 15 heavy (non-hydrogen) atoms. The SMILES string of the molecule is CCN[C@@H](CC(=O)O)C[N+](C)(C)C.Cl.[Cl-]. The quantitative estimate of drug-likeness (QED) is 0.523. The average Bonchev–Trinajstić information content (AvgIpc) is 1.81. The maximum absolute atomic E-state index is 10.5. The van der Waals surface area contributed by atoms with E-state index in [0.717, 1.165) is 17.6 Å². The van der Waals surface area contributed by atoms with Crippen molar-refractivity contribution >= 4 is 18.4 Å². The number of hydrogen-bond acceptors (Lipinski definition) is 2. The van der Waals surface area contributed by atoms with Gasteiger partial charge in [-0.1, -0.05) is 6.92 Å². The van der Waals surface area contributed by atoms with Crippen LogP contribution >= 0.6 is 12.4 Å². The van der Waals surface area contributed by atoms with Crippen molar-refractivity contribution < 1.29 is 26.8 Å². The summed E-state index contributed by atoms with van der Waals surface area (Å²) in [4.78, 5) is 10.5. The number of carbonyl (C=O) groups is 1. The molecule has 0 radical (unpaired) electrons. The summed E-state index contributed by atoms with van der Waals surface area (Å²) < 4.78 is 0.783. The fraction of sp³-hybridized carbons (Fsp3) is 0.889. The molecule has 1 atom stereocenters. The van der Waals surface area contributed by atoms with Crippen LogP contribution in [0.15, 0.2) is 0 Å². The van der Waals surface area contributed by atoms with Gasteiger partial charge in [0.1, 0.15) is 0 Å². The van der Waals surface area contributed by atoms with E-state index in [1.807, 2.05) is 6.92 Å². The Balaban J connectivity index is -0.000000720. The van der Waals surface area contributed by atoms with Crippen LogP contribution in [0.3, 0.4) is 0 Å². The van der Waals surface area contributed by atoms with E-state index in [4.69, 9.17) is 5.11 Å². The highest BCUT2D eigenvalue weighted by atomic mass is 35.5. The van der Waals surface area contributed by atoms with Crippen molar-refractivity contribution in [2.75, 3.05) is 34.2 Å². The Hall–Kier alpha value is -0.0300. The number of carboxylic acids is 1. The molecule has 0 spiro atoms. The Labute approximate surface area is 104 Å². The van der Waals surface area contributed by atoms with Gasteiger partial charge in [0.15, 0.2) is 0 Å². The van der Waals surface area contributed by atoms with E-state index in [2.05, 4.69) is 26.5 Å². The molecule has 0 unspecified atom stereocenters. The molecule has 0 aromatic rings. The summed E-state index contributed by atoms with van der Waals surface area (Å²) in [5.41, 5.74) is 0. The van der Waals surface area contributed by atoms with E-state index >= 15 is 0 Å². The Morgan fingerprint density at radius 3 is 2.13 bits per heavy atom. The zero-order valence-corrected chi connectivity index (χ0v) is 11.4. The number of rotatable bonds is 6. The lowest BCUT2D eigenvalue weighted by molar-refractivity contribution is -0.871. The largest absolute Gasteiger partial charge is 1.00 e. The van der Waals surface area contributed by atoms with E-state index in [1.165, 1.54) is 0 Å². The van der Waals surface area contributed by atoms with Crippen molar-refractivity contribution in [2.45, 2.75) is 19.4 Å². The standard InChI is InChI=1S/C9H20N2O2.2ClH/c1-5-10-8(6-9(12)13)7-11(2,3)4;;/h8,10H,5-7H2,1-4H3;2*1H/t8-;;/m0../s1. The lowest BCUT2D eigenvalue weighted by Crippen LogP contribution is -3.00. The smallest absolute Gasteiger partial charge is 0.305 e. The molecule has 2 N–H and O–H groups in total. The number of quaternary nitrogens is 1. The van der Waals surface area contributed by atoms with Gasteiger partial charge in [0, 0.05) is 0 Å². The second kappa shape index (κ2) is 9.21. The molecule has 0 aromatic heterocycles. The molecule has 6 heteroatoms. The lowest BCUT2D eigenvalue weighted by atomic mass is 10.2. The highest BCUT2D eigenvalue weighted by molar-refractivity contribution is 5.85. The molecular formula is C9H22Cl2N2O2. The van der Waals surface area contributed by atoms with Gasteiger partial charge < -0.3 is 27.3 Å². The van der Waals surface area contributed by atoms with Crippen LogP contribution in [0.1, 0.15) is 13.3 Å². The fourth-order valence-corrected chi connectivity index (χ4v) is 1.36. The molecule has 0 rings (SSSR count). The number of hydrogen-bond donors (Lipinski definition) is 2. The van der Waals surface area contributed by atoms with Crippen LogP contribution in [0.25, 0.3) is 0 Å². The second-order valence-corrected chi connectivity index (χ2v) is 4.33. The van der Waals surface area contributed by atoms with Crippen LogP contribution in [0.5, 0.6) is 0 Å². The number of halogens is 2. The van der Waals surface area contributed by atoms with Gasteiger partial charge in [0.2, 0.25) is 0 Å². The van der Waals surface area contributed by atoms with Crippen molar-refractivity contribution in [1.29, 1.82) is 0 Å². The number of nitrogens with one attached hydrogen (secondary N) is 1. The van der Waals surface area contributed by atoms with Crippen molar-refractivity contribution in [3.05, 3.63) is 0 Å². The zero-order valence-electron chi connectivity index (χ0n) is 9.79. The molecule has 0 heterocycles. The van der Waals surface area contributed by atoms with Crippen LogP contribution in [0.4, 0.5) is 0 Å². The highest BCUT2D eigenvalue weighted by Gasteiger charge is 2.19. The van der Waals surface area contributed by atoms with Crippen molar-refractivity contribution in [1.82, 2.24) is 5.32 Å². The molecule has 94 valence electrons. The average molecular weight is 261 g/mol. The molecule has 4 nitrogen and oxygen atoms in total. The van der Waals surface area contributed by atoms with Gasteiger partial charge in [0.05, 0.1) is 40.2 Å². The fourth-order valence-electron chi connectivity index (χ4n) is 1.36. The van der Waals surface area contributed by atoms with Crippen molar-refractivity contribution in [3.63, 3.8) is 0 Å². The summed E-state index contributed by atoms with van der Waals surface area (Å²) in [6, 6.07) is 0.0718. The summed E-state index contributed by atoms with van der Waals surface area (Å²) >= 11 is 0. The van der Waals surface area contributed by atoms with Gasteiger partial charge in [-0.25, -0.2) is 0 Å². The molecule has 0 fully saturated rings. The molecule has 0 aliphatic heterocycles. The minimum atomic E-state index is -0.737.